The maximum absolute atomic E-state index is 3.60. The second kappa shape index (κ2) is 17.8. The average molecular weight is 520 g/mol. The summed E-state index contributed by atoms with van der Waals surface area (Å²) in [5.74, 6) is 1.23. The Hall–Kier alpha value is -1.93. The van der Waals surface area contributed by atoms with E-state index in [0.717, 1.165) is 6.42 Å². The van der Waals surface area contributed by atoms with Crippen LogP contribution in [-0.4, -0.2) is 0 Å². The van der Waals surface area contributed by atoms with E-state index < -0.39 is 0 Å². The summed E-state index contributed by atoms with van der Waals surface area (Å²) in [5.41, 5.74) is 11.7. The number of benzene rings is 3. The smallest absolute Gasteiger partial charge is 0.343 e. The molecule has 0 saturated carbocycles. The van der Waals surface area contributed by atoms with Gasteiger partial charge in [0.05, 0.1) is 0 Å². The van der Waals surface area contributed by atoms with E-state index in [1.807, 2.05) is 0 Å². The van der Waals surface area contributed by atoms with E-state index in [1.54, 1.807) is 0 Å². The second-order valence-electron chi connectivity index (χ2n) is 10.9. The van der Waals surface area contributed by atoms with Crippen molar-refractivity contribution in [3.8, 4) is 0 Å². The molecule has 3 aromatic rings. The SMILES string of the molecule is C.CC1(C)C=Cc2ccccc21.CC1=CC(C)c2ccccc21.CC1=CC(C)c2ccccc21.[CH2-]CCC.[Li+].[Li+]. The predicted molar refractivity (Wildman–Crippen MR) is 173 cm³/mol. The molecule has 0 N–H and O–H groups in total. The van der Waals surface area contributed by atoms with Crippen LogP contribution < -0.4 is 37.7 Å². The van der Waals surface area contributed by atoms with E-state index in [1.165, 1.54) is 50.9 Å². The molecule has 0 bridgehead atoms. The largest absolute Gasteiger partial charge is 1.00 e. The molecule has 0 aromatic heterocycles. The minimum atomic E-state index is 0. The van der Waals surface area contributed by atoms with E-state index in [2.05, 4.69) is 152 Å². The van der Waals surface area contributed by atoms with Crippen molar-refractivity contribution in [2.45, 2.75) is 86.0 Å². The summed E-state index contributed by atoms with van der Waals surface area (Å²) in [6.45, 7) is 19.1. The molecule has 0 aliphatic heterocycles. The van der Waals surface area contributed by atoms with Crippen molar-refractivity contribution in [2.24, 2.45) is 0 Å². The first kappa shape index (κ1) is 38.1. The van der Waals surface area contributed by atoms with E-state index in [9.17, 15) is 0 Å². The van der Waals surface area contributed by atoms with Crippen molar-refractivity contribution in [3.05, 3.63) is 131 Å². The topological polar surface area (TPSA) is 0 Å². The molecule has 202 valence electrons. The van der Waals surface area contributed by atoms with Crippen LogP contribution in [0.15, 0.2) is 91.0 Å². The van der Waals surface area contributed by atoms with E-state index in [4.69, 9.17) is 0 Å². The average Bonchev–Trinajstić information content (AvgIpc) is 3.50. The van der Waals surface area contributed by atoms with Crippen molar-refractivity contribution in [1.29, 1.82) is 0 Å². The molecule has 2 unspecified atom stereocenters. The number of hydrogen-bond acceptors (Lipinski definition) is 0. The third-order valence-electron chi connectivity index (χ3n) is 7.44. The zero-order valence-corrected chi connectivity index (χ0v) is 26.0. The fraction of sp³-hybridized carbons (Fsp3) is 0.342. The fourth-order valence-electron chi connectivity index (χ4n) is 5.23. The minimum absolute atomic E-state index is 0. The van der Waals surface area contributed by atoms with Crippen LogP contribution in [0.4, 0.5) is 0 Å². The zero-order valence-electron chi connectivity index (χ0n) is 26.0. The molecule has 2 heteroatoms. The minimum Gasteiger partial charge on any atom is -0.343 e. The van der Waals surface area contributed by atoms with Gasteiger partial charge < -0.3 is 6.92 Å². The van der Waals surface area contributed by atoms with Gasteiger partial charge in [-0.1, -0.05) is 146 Å². The first-order valence-corrected chi connectivity index (χ1v) is 13.8. The zero-order chi connectivity index (χ0) is 27.0. The van der Waals surface area contributed by atoms with Crippen molar-refractivity contribution < 1.29 is 37.7 Å². The molecule has 3 aliphatic rings. The van der Waals surface area contributed by atoms with Crippen LogP contribution in [0.5, 0.6) is 0 Å². The summed E-state index contributed by atoms with van der Waals surface area (Å²) in [4.78, 5) is 0. The van der Waals surface area contributed by atoms with Crippen LogP contribution in [0.1, 0.15) is 114 Å². The Morgan fingerprint density at radius 3 is 1.50 bits per heavy atom. The van der Waals surface area contributed by atoms with Gasteiger partial charge in [-0.3, -0.25) is 0 Å². The molecule has 0 spiro atoms. The maximum atomic E-state index is 3.60. The molecule has 0 radical (unpaired) electrons. The normalized spacial score (nSPS) is 17.5. The summed E-state index contributed by atoms with van der Waals surface area (Å²) in [5, 5.41) is 0. The van der Waals surface area contributed by atoms with Gasteiger partial charge in [0.2, 0.25) is 0 Å². The Balaban J connectivity index is 0.000000517. The molecule has 0 fully saturated rings. The van der Waals surface area contributed by atoms with Crippen molar-refractivity contribution in [1.82, 2.24) is 0 Å². The summed E-state index contributed by atoms with van der Waals surface area (Å²) in [6.07, 6.45) is 11.4. The van der Waals surface area contributed by atoms with Crippen LogP contribution >= 0.6 is 0 Å². The summed E-state index contributed by atoms with van der Waals surface area (Å²) in [6, 6.07) is 25.8. The van der Waals surface area contributed by atoms with Crippen LogP contribution in [0.2, 0.25) is 0 Å². The van der Waals surface area contributed by atoms with Crippen LogP contribution in [0.3, 0.4) is 0 Å². The molecule has 2 atom stereocenters. The predicted octanol–water partition coefficient (Wildman–Crippen LogP) is 5.67. The Kier molecular flexibility index (Phi) is 16.9. The van der Waals surface area contributed by atoms with Gasteiger partial charge >= 0.3 is 37.7 Å². The fourth-order valence-corrected chi connectivity index (χ4v) is 5.23. The number of rotatable bonds is 1. The molecule has 0 nitrogen and oxygen atoms in total. The van der Waals surface area contributed by atoms with Crippen molar-refractivity contribution in [3.63, 3.8) is 0 Å². The molecule has 0 heterocycles. The third kappa shape index (κ3) is 9.58. The van der Waals surface area contributed by atoms with Crippen molar-refractivity contribution >= 4 is 17.2 Å². The van der Waals surface area contributed by atoms with Gasteiger partial charge in [0.1, 0.15) is 0 Å². The number of hydrogen-bond donors (Lipinski definition) is 0. The molecule has 40 heavy (non-hydrogen) atoms. The van der Waals surface area contributed by atoms with Gasteiger partial charge in [-0.2, -0.15) is 6.42 Å². The van der Waals surface area contributed by atoms with Gasteiger partial charge in [-0.25, -0.2) is 0 Å². The Bertz CT molecular complexity index is 1210. The monoisotopic (exact) mass is 519 g/mol. The standard InChI is InChI=1S/3C11H12.C4H9.CH4.2Li/c1-11(2)8-7-9-5-3-4-6-10(9)11;2*1-8-7-9(2)11-6-4-3-5-10(8)11;1-3-4-2;;;/h3*3-8H,1-2H3;1,3-4H2,2H3;1H4;;/q;;;-1;;2*+1. The van der Waals surface area contributed by atoms with Gasteiger partial charge in [-0.05, 0) is 58.4 Å². The first-order chi connectivity index (χ1) is 17.7. The number of unbranched alkanes of at least 4 members (excludes halogenated alkanes) is 1. The molecule has 0 amide bonds. The van der Waals surface area contributed by atoms with Crippen LogP contribution in [0, 0.1) is 6.92 Å². The van der Waals surface area contributed by atoms with E-state index in [-0.39, 0.29) is 50.6 Å². The summed E-state index contributed by atoms with van der Waals surface area (Å²) < 4.78 is 0. The molecule has 0 saturated heterocycles. The Morgan fingerprint density at radius 1 is 0.700 bits per heavy atom. The Labute approximate surface area is 270 Å². The first-order valence-electron chi connectivity index (χ1n) is 13.8. The summed E-state index contributed by atoms with van der Waals surface area (Å²) in [7, 11) is 0. The molecule has 3 aliphatic carbocycles. The van der Waals surface area contributed by atoms with Crippen LogP contribution in [0.25, 0.3) is 17.2 Å². The summed E-state index contributed by atoms with van der Waals surface area (Å²) >= 11 is 0. The van der Waals surface area contributed by atoms with Gasteiger partial charge in [0.15, 0.2) is 0 Å². The van der Waals surface area contributed by atoms with Gasteiger partial charge in [-0.15, -0.1) is 0 Å². The third-order valence-corrected chi connectivity index (χ3v) is 7.44. The molecule has 6 rings (SSSR count). The van der Waals surface area contributed by atoms with E-state index >= 15 is 0 Å². The Morgan fingerprint density at radius 2 is 1.10 bits per heavy atom. The maximum Gasteiger partial charge on any atom is 1.00 e. The second-order valence-corrected chi connectivity index (χ2v) is 10.9. The van der Waals surface area contributed by atoms with Gasteiger partial charge in [0, 0.05) is 17.3 Å². The molecular weight excluding hydrogens is 470 g/mol. The van der Waals surface area contributed by atoms with Gasteiger partial charge in [0.25, 0.3) is 0 Å². The van der Waals surface area contributed by atoms with E-state index in [0.29, 0.717) is 11.8 Å². The van der Waals surface area contributed by atoms with Crippen LogP contribution in [-0.2, 0) is 5.41 Å². The number of allylic oxidation sites excluding steroid dienone is 5. The van der Waals surface area contributed by atoms with Crippen molar-refractivity contribution in [2.75, 3.05) is 0 Å². The molecular formula is C38H49Li2+. The molecule has 3 aromatic carbocycles. The number of fused-ring (bicyclic) bond motifs is 3. The quantitative estimate of drug-likeness (QED) is 0.287.